The zero-order valence-electron chi connectivity index (χ0n) is 21.1. The van der Waals surface area contributed by atoms with Crippen LogP contribution in [0.15, 0.2) is 64.9 Å². The molecule has 0 radical (unpaired) electrons. The van der Waals surface area contributed by atoms with E-state index in [4.69, 9.17) is 0 Å². The first-order valence-electron chi connectivity index (χ1n) is 12.4. The summed E-state index contributed by atoms with van der Waals surface area (Å²) in [4.78, 5) is 16.9. The van der Waals surface area contributed by atoms with Gasteiger partial charge in [0.05, 0.1) is 22.7 Å². The minimum atomic E-state index is -4.42. The van der Waals surface area contributed by atoms with Gasteiger partial charge in [-0.3, -0.25) is 9.48 Å². The number of benzene rings is 2. The van der Waals surface area contributed by atoms with E-state index in [9.17, 15) is 22.4 Å². The molecule has 0 spiro atoms. The molecule has 9 nitrogen and oxygen atoms in total. The largest absolute Gasteiger partial charge is 0.416 e. The Bertz CT molecular complexity index is 1600. The van der Waals surface area contributed by atoms with E-state index in [1.807, 2.05) is 4.90 Å². The number of piperazine rings is 1. The van der Waals surface area contributed by atoms with E-state index in [-0.39, 0.29) is 11.7 Å². The number of carbonyl (C=O) groups excluding carboxylic acids is 1. The van der Waals surface area contributed by atoms with Crippen molar-refractivity contribution in [2.75, 3.05) is 36.8 Å². The lowest BCUT2D eigenvalue weighted by molar-refractivity contribution is -0.137. The number of carbonyl (C=O) groups is 1. The summed E-state index contributed by atoms with van der Waals surface area (Å²) in [7, 11) is 1.68. The Hall–Kier alpha value is -4.20. The fraction of sp³-hybridized carbons (Fsp3) is 0.269. The molecule has 0 aliphatic carbocycles. The third-order valence-electron chi connectivity index (χ3n) is 6.79. The topological polar surface area (TPSA) is 84.4 Å². The highest BCUT2D eigenvalue weighted by atomic mass is 32.2. The quantitative estimate of drug-likeness (QED) is 0.343. The van der Waals surface area contributed by atoms with Gasteiger partial charge in [0.2, 0.25) is 11.0 Å². The van der Waals surface area contributed by atoms with Gasteiger partial charge in [0.15, 0.2) is 0 Å². The van der Waals surface area contributed by atoms with E-state index in [1.54, 1.807) is 40.9 Å². The molecule has 2 aliphatic rings. The molecule has 2 aromatic carbocycles. The zero-order valence-corrected chi connectivity index (χ0v) is 22.0. The SMILES string of the molecule is Cn1nc(-c2nnc3n2N=C(C(=O)N2CCN(c4ccccc4F)CC2)CS3)cc1-c1ccc(C(F)(F)F)cc1. The van der Waals surface area contributed by atoms with Crippen LogP contribution in [0.2, 0.25) is 0 Å². The van der Waals surface area contributed by atoms with Crippen LogP contribution in [0.1, 0.15) is 5.56 Å². The first-order valence-corrected chi connectivity index (χ1v) is 13.3. The van der Waals surface area contributed by atoms with Crippen molar-refractivity contribution >= 4 is 29.1 Å². The minimum Gasteiger partial charge on any atom is -0.366 e. The first kappa shape index (κ1) is 26.0. The van der Waals surface area contributed by atoms with Crippen molar-refractivity contribution < 1.29 is 22.4 Å². The van der Waals surface area contributed by atoms with Gasteiger partial charge in [-0.25, -0.2) is 4.39 Å². The van der Waals surface area contributed by atoms with Crippen LogP contribution in [-0.2, 0) is 18.0 Å². The molecule has 0 atom stereocenters. The number of anilines is 1. The van der Waals surface area contributed by atoms with Crippen molar-refractivity contribution in [2.45, 2.75) is 11.3 Å². The number of nitrogens with zero attached hydrogens (tertiary/aromatic N) is 8. The molecule has 1 fully saturated rings. The Morgan fingerprint density at radius 3 is 2.40 bits per heavy atom. The molecular weight excluding hydrogens is 548 g/mol. The van der Waals surface area contributed by atoms with E-state index in [1.165, 1.54) is 34.6 Å². The van der Waals surface area contributed by atoms with Crippen LogP contribution in [0.25, 0.3) is 22.8 Å². The number of hydrogen-bond donors (Lipinski definition) is 0. The van der Waals surface area contributed by atoms with Crippen LogP contribution in [0, 0.1) is 5.82 Å². The van der Waals surface area contributed by atoms with Gasteiger partial charge in [0, 0.05) is 33.2 Å². The van der Waals surface area contributed by atoms with Crippen LogP contribution in [0.5, 0.6) is 0 Å². The molecule has 0 saturated carbocycles. The number of para-hydroxylation sites is 1. The first-order chi connectivity index (χ1) is 19.2. The molecule has 4 heterocycles. The molecule has 40 heavy (non-hydrogen) atoms. The van der Waals surface area contributed by atoms with Crippen LogP contribution < -0.4 is 4.90 Å². The predicted octanol–water partition coefficient (Wildman–Crippen LogP) is 4.16. The normalized spacial score (nSPS) is 15.7. The van der Waals surface area contributed by atoms with Crippen molar-refractivity contribution in [2.24, 2.45) is 12.1 Å². The molecule has 0 bridgehead atoms. The van der Waals surface area contributed by atoms with E-state index in [2.05, 4.69) is 20.4 Å². The number of hydrogen-bond acceptors (Lipinski definition) is 7. The molecule has 0 unspecified atom stereocenters. The van der Waals surface area contributed by atoms with Crippen molar-refractivity contribution in [3.63, 3.8) is 0 Å². The summed E-state index contributed by atoms with van der Waals surface area (Å²) in [5, 5.41) is 17.9. The maximum Gasteiger partial charge on any atom is 0.416 e. The van der Waals surface area contributed by atoms with Gasteiger partial charge in [0.1, 0.15) is 17.2 Å². The number of fused-ring (bicyclic) bond motifs is 1. The Balaban J connectivity index is 1.21. The molecule has 1 saturated heterocycles. The van der Waals surface area contributed by atoms with Crippen LogP contribution >= 0.6 is 11.8 Å². The second kappa shape index (κ2) is 10.1. The lowest BCUT2D eigenvalue weighted by Crippen LogP contribution is -2.51. The van der Waals surface area contributed by atoms with E-state index in [0.29, 0.717) is 71.3 Å². The monoisotopic (exact) mass is 570 g/mol. The van der Waals surface area contributed by atoms with E-state index >= 15 is 0 Å². The van der Waals surface area contributed by atoms with Crippen molar-refractivity contribution in [3.8, 4) is 22.8 Å². The van der Waals surface area contributed by atoms with Gasteiger partial charge < -0.3 is 9.80 Å². The number of aromatic nitrogens is 5. The van der Waals surface area contributed by atoms with Gasteiger partial charge >= 0.3 is 6.18 Å². The molecular formula is C26H22F4N8OS. The number of rotatable bonds is 4. The van der Waals surface area contributed by atoms with Crippen LogP contribution in [-0.4, -0.2) is 73.1 Å². The van der Waals surface area contributed by atoms with Crippen molar-refractivity contribution in [1.82, 2.24) is 29.6 Å². The van der Waals surface area contributed by atoms with Crippen LogP contribution in [0.3, 0.4) is 0 Å². The Kier molecular flexibility index (Phi) is 6.56. The van der Waals surface area contributed by atoms with Crippen molar-refractivity contribution in [1.29, 1.82) is 0 Å². The summed E-state index contributed by atoms with van der Waals surface area (Å²) < 4.78 is 56.1. The Labute approximate surface area is 230 Å². The molecule has 2 aromatic heterocycles. The molecule has 14 heteroatoms. The Morgan fingerprint density at radius 1 is 0.975 bits per heavy atom. The third kappa shape index (κ3) is 4.83. The van der Waals surface area contributed by atoms with Crippen molar-refractivity contribution in [3.05, 3.63) is 66.0 Å². The minimum absolute atomic E-state index is 0.211. The maximum atomic E-state index is 14.2. The van der Waals surface area contributed by atoms with Crippen LogP contribution in [0.4, 0.5) is 23.2 Å². The summed E-state index contributed by atoms with van der Waals surface area (Å²) >= 11 is 1.33. The average molecular weight is 571 g/mol. The summed E-state index contributed by atoms with van der Waals surface area (Å²) in [6.45, 7) is 1.85. The summed E-state index contributed by atoms with van der Waals surface area (Å²) in [5.74, 6) is 0.130. The number of amides is 1. The molecule has 206 valence electrons. The number of aryl methyl sites for hydroxylation is 1. The van der Waals surface area contributed by atoms with Gasteiger partial charge in [-0.2, -0.15) is 28.0 Å². The number of thioether (sulfide) groups is 1. The smallest absolute Gasteiger partial charge is 0.366 e. The zero-order chi connectivity index (χ0) is 28.0. The van der Waals surface area contributed by atoms with Gasteiger partial charge in [0.25, 0.3) is 5.91 Å². The lowest BCUT2D eigenvalue weighted by atomic mass is 10.1. The summed E-state index contributed by atoms with van der Waals surface area (Å²) in [5.41, 5.74) is 1.66. The third-order valence-corrected chi connectivity index (χ3v) is 7.73. The van der Waals surface area contributed by atoms with E-state index in [0.717, 1.165) is 12.1 Å². The molecule has 4 aromatic rings. The molecule has 2 aliphatic heterocycles. The fourth-order valence-electron chi connectivity index (χ4n) is 4.71. The van der Waals surface area contributed by atoms with E-state index < -0.39 is 11.7 Å². The summed E-state index contributed by atoms with van der Waals surface area (Å²) in [6.07, 6.45) is -4.42. The van der Waals surface area contributed by atoms with Gasteiger partial charge in [-0.1, -0.05) is 36.0 Å². The average Bonchev–Trinajstić information content (AvgIpc) is 3.55. The highest BCUT2D eigenvalue weighted by Crippen LogP contribution is 2.33. The second-order valence-electron chi connectivity index (χ2n) is 9.30. The Morgan fingerprint density at radius 2 is 1.70 bits per heavy atom. The summed E-state index contributed by atoms with van der Waals surface area (Å²) in [6, 6.07) is 13.1. The molecule has 6 rings (SSSR count). The maximum absolute atomic E-state index is 14.2. The predicted molar refractivity (Wildman–Crippen MR) is 141 cm³/mol. The standard InChI is InChI=1S/C26H22F4N8OS/c1-35-22(16-6-8-17(9-7-16)26(28,29)30)14-19(33-35)23-31-32-25-38(23)34-20(15-40-25)24(39)37-12-10-36(11-13-37)21-5-3-2-4-18(21)27/h2-9,14H,10-13,15H2,1H3. The second-order valence-corrected chi connectivity index (χ2v) is 10.2. The molecule has 1 amide bonds. The highest BCUT2D eigenvalue weighted by molar-refractivity contribution is 8.00. The highest BCUT2D eigenvalue weighted by Gasteiger charge is 2.31. The van der Waals surface area contributed by atoms with Gasteiger partial charge in [-0.15, -0.1) is 10.2 Å². The van der Waals surface area contributed by atoms with Gasteiger partial charge in [-0.05, 0) is 35.9 Å². The molecule has 0 N–H and O–H groups in total. The number of halogens is 4. The fourth-order valence-corrected chi connectivity index (χ4v) is 5.51. The number of alkyl halides is 3. The lowest BCUT2D eigenvalue weighted by Gasteiger charge is -2.36.